The summed E-state index contributed by atoms with van der Waals surface area (Å²) in [6.45, 7) is 25.5. The summed E-state index contributed by atoms with van der Waals surface area (Å²) in [7, 11) is 12.6. The summed E-state index contributed by atoms with van der Waals surface area (Å²) in [5.41, 5.74) is 13.4. The number of rotatable bonds is 22. The van der Waals surface area contributed by atoms with E-state index in [0.29, 0.717) is 57.4 Å². The minimum absolute atomic E-state index is 0.0190. The number of aryl methyl sites for hydroxylation is 2. The number of anilines is 7. The van der Waals surface area contributed by atoms with Crippen LogP contribution in [-0.4, -0.2) is 194 Å². The van der Waals surface area contributed by atoms with E-state index in [9.17, 15) is 53.7 Å². The van der Waals surface area contributed by atoms with Crippen LogP contribution in [0.1, 0.15) is 195 Å². The highest BCUT2D eigenvalue weighted by Gasteiger charge is 2.32. The number of halogens is 1. The summed E-state index contributed by atoms with van der Waals surface area (Å²) < 4.78 is 17.6. The predicted molar refractivity (Wildman–Crippen MR) is 565 cm³/mol. The predicted octanol–water partition coefficient (Wildman–Crippen LogP) is 23.4. The number of aromatic hydroxyl groups is 2. The lowest BCUT2D eigenvalue weighted by Gasteiger charge is -2.36. The van der Waals surface area contributed by atoms with Gasteiger partial charge >= 0.3 is 23.9 Å². The number of amides is 4. The van der Waals surface area contributed by atoms with Gasteiger partial charge < -0.3 is 80.2 Å². The quantitative estimate of drug-likeness (QED) is 0.0245. The molecular weight excluding hydrogens is 1830 g/mol. The van der Waals surface area contributed by atoms with Crippen molar-refractivity contribution >= 4 is 103 Å². The molecule has 140 heavy (non-hydrogen) atoms. The Labute approximate surface area is 830 Å². The molecule has 730 valence electrons. The lowest BCUT2D eigenvalue weighted by molar-refractivity contribution is 0.00580. The molecule has 25 heteroatoms. The molecule has 0 bridgehead atoms. The lowest BCUT2D eigenvalue weighted by atomic mass is 10.0. The summed E-state index contributed by atoms with van der Waals surface area (Å²) in [5, 5.41) is 42.1. The van der Waals surface area contributed by atoms with Crippen LogP contribution >= 0.6 is 15.9 Å². The van der Waals surface area contributed by atoms with Gasteiger partial charge in [-0.3, -0.25) is 19.2 Å². The summed E-state index contributed by atoms with van der Waals surface area (Å²) in [4.78, 5) is 117. The van der Waals surface area contributed by atoms with Crippen molar-refractivity contribution in [2.75, 3.05) is 118 Å². The molecule has 3 saturated heterocycles. The van der Waals surface area contributed by atoms with Gasteiger partial charge in [-0.05, 0) is 322 Å². The van der Waals surface area contributed by atoms with Crippen LogP contribution in [0, 0.1) is 13.8 Å². The van der Waals surface area contributed by atoms with Gasteiger partial charge in [0.2, 0.25) is 0 Å². The molecule has 0 aromatic heterocycles. The number of nitrogens with one attached hydrogen (secondary N) is 4. The number of ether oxygens (including phenoxy) is 3. The van der Waals surface area contributed by atoms with Gasteiger partial charge in [0.15, 0.2) is 0 Å². The zero-order chi connectivity index (χ0) is 101. The Morgan fingerprint density at radius 2 is 0.543 bits per heavy atom. The molecule has 3 fully saturated rings. The average molecular weight is 1960 g/mol. The van der Waals surface area contributed by atoms with E-state index in [1.807, 2.05) is 231 Å². The van der Waals surface area contributed by atoms with Crippen molar-refractivity contribution in [1.82, 2.24) is 14.7 Å². The number of aromatic carboxylic acids is 1. The summed E-state index contributed by atoms with van der Waals surface area (Å²) >= 11 is 3.41. The normalized spacial score (nSPS) is 13.7. The molecule has 0 radical (unpaired) electrons. The second kappa shape index (κ2) is 46.9. The first kappa shape index (κ1) is 105. The van der Waals surface area contributed by atoms with Crippen molar-refractivity contribution in [1.29, 1.82) is 0 Å². The van der Waals surface area contributed by atoms with Gasteiger partial charge in [0.25, 0.3) is 23.6 Å². The fraction of sp³-hybridized carbons (Fsp3) is 0.304. The first-order chi connectivity index (χ1) is 66.5. The molecule has 0 unspecified atom stereocenters. The third-order valence-corrected chi connectivity index (χ3v) is 25.1. The molecular formula is C115H129BrN10O14. The third-order valence-electron chi connectivity index (χ3n) is 24.6. The number of phenolic OH excluding ortho intramolecular Hbond substituents is 2. The maximum atomic E-state index is 13.6. The Bertz CT molecular complexity index is 6190. The smallest absolute Gasteiger partial charge is 0.340 e. The molecule has 0 saturated carbocycles. The average Bonchev–Trinajstić information content (AvgIpc) is 0.796. The molecule has 15 rings (SSSR count). The Kier molecular flexibility index (Phi) is 35.1. The maximum Gasteiger partial charge on any atom is 0.340 e. The van der Waals surface area contributed by atoms with E-state index in [1.54, 1.807) is 93.6 Å². The monoisotopic (exact) mass is 1950 g/mol. The number of hydrogen-bond acceptors (Lipinski definition) is 19. The number of piperidine rings is 3. The molecule has 24 nitrogen and oxygen atoms in total. The van der Waals surface area contributed by atoms with E-state index >= 15 is 0 Å². The summed E-state index contributed by atoms with van der Waals surface area (Å²) in [6, 6.07) is 83.1. The Hall–Kier alpha value is -14.2. The fourth-order valence-corrected chi connectivity index (χ4v) is 17.3. The van der Waals surface area contributed by atoms with Gasteiger partial charge in [-0.2, -0.15) is 0 Å². The van der Waals surface area contributed by atoms with E-state index in [1.165, 1.54) is 12.1 Å². The van der Waals surface area contributed by atoms with Crippen molar-refractivity contribution in [2.45, 2.75) is 150 Å². The van der Waals surface area contributed by atoms with Crippen molar-refractivity contribution < 1.29 is 67.9 Å². The van der Waals surface area contributed by atoms with Crippen LogP contribution in [0.5, 0.6) is 11.5 Å². The first-order valence-corrected chi connectivity index (χ1v) is 48.0. The number of carboxylic acids is 1. The van der Waals surface area contributed by atoms with Crippen LogP contribution in [0.4, 0.5) is 39.8 Å². The lowest BCUT2D eigenvalue weighted by Crippen LogP contribution is -2.42. The van der Waals surface area contributed by atoms with Gasteiger partial charge in [0.05, 0.1) is 56.1 Å². The van der Waals surface area contributed by atoms with E-state index < -0.39 is 52.5 Å². The van der Waals surface area contributed by atoms with Crippen LogP contribution in [0.3, 0.4) is 0 Å². The maximum absolute atomic E-state index is 13.6. The number of esters is 3. The number of carbonyl (C=O) groups excluding carboxylic acids is 7. The molecule has 0 spiro atoms. The van der Waals surface area contributed by atoms with Crippen LogP contribution in [0.2, 0.25) is 0 Å². The largest absolute Gasteiger partial charge is 0.507 e. The molecule has 0 aliphatic carbocycles. The van der Waals surface area contributed by atoms with Crippen LogP contribution in [0.25, 0.3) is 44.5 Å². The molecule has 3 aliphatic heterocycles. The van der Waals surface area contributed by atoms with E-state index in [0.717, 1.165) is 155 Å². The molecule has 3 aliphatic rings. The van der Waals surface area contributed by atoms with Crippen LogP contribution < -0.4 is 36.0 Å². The van der Waals surface area contributed by atoms with Crippen molar-refractivity contribution in [3.63, 3.8) is 0 Å². The van der Waals surface area contributed by atoms with Gasteiger partial charge in [0.1, 0.15) is 28.3 Å². The second-order valence-corrected chi connectivity index (χ2v) is 40.0. The number of hydrogen-bond donors (Lipinski definition) is 7. The highest BCUT2D eigenvalue weighted by atomic mass is 79.9. The summed E-state index contributed by atoms with van der Waals surface area (Å²) in [6.07, 6.45) is 6.27. The van der Waals surface area contributed by atoms with Gasteiger partial charge in [-0.25, -0.2) is 19.2 Å². The van der Waals surface area contributed by atoms with E-state index in [-0.39, 0.29) is 51.3 Å². The molecule has 4 amide bonds. The minimum atomic E-state index is -1.14. The number of carbonyl (C=O) groups is 8. The topological polar surface area (TPSA) is 292 Å². The Morgan fingerprint density at radius 3 is 0.814 bits per heavy atom. The minimum Gasteiger partial charge on any atom is -0.507 e. The Morgan fingerprint density at radius 1 is 0.300 bits per heavy atom. The molecule has 3 heterocycles. The third kappa shape index (κ3) is 28.7. The molecule has 0 atom stereocenters. The van der Waals surface area contributed by atoms with E-state index in [4.69, 9.17) is 14.2 Å². The first-order valence-electron chi connectivity index (χ1n) is 47.2. The number of nitrogens with zero attached hydrogens (tertiary/aromatic N) is 6. The zero-order valence-corrected chi connectivity index (χ0v) is 84.6. The fourth-order valence-electron chi connectivity index (χ4n) is 16.9. The number of benzene rings is 12. The number of phenols is 2. The highest BCUT2D eigenvalue weighted by molar-refractivity contribution is 9.10. The molecule has 12 aromatic rings. The molecule has 7 N–H and O–H groups in total. The van der Waals surface area contributed by atoms with Gasteiger partial charge in [-0.15, -0.1) is 0 Å². The van der Waals surface area contributed by atoms with Gasteiger partial charge in [-0.1, -0.05) is 174 Å². The van der Waals surface area contributed by atoms with E-state index in [2.05, 4.69) is 115 Å². The SMILES string of the molecule is CN(C)C1CCN(c2ccc(O)c(C(=O)Nc3cc(-c4ccccc4)ccc3C(=O)O)c2)CC1.CN(C)C1CCN(c2ccc(O)c(C(=O)Nc3cc(-c4ccccc4)ccc3C(=O)OC(C)(C)C)c2)CC1.Cc1ccc(Br)cc1C(=O)Nc1cc(-c2ccccc2)ccc1C(=O)OC(C)(C)C.Cc1ccc(N2CCC(N(C)C)CC2)cc1C(=O)Nc1cc(-c2ccccc2)ccc1C(=O)OC(C)(C)C. The number of carboxylic acid groups (broad SMARTS) is 1. The molecule has 12 aromatic carbocycles. The highest BCUT2D eigenvalue weighted by Crippen LogP contribution is 2.38. The second-order valence-electron chi connectivity index (χ2n) is 39.0. The van der Waals surface area contributed by atoms with Crippen molar-refractivity contribution in [2.24, 2.45) is 0 Å². The van der Waals surface area contributed by atoms with Gasteiger partial charge in [0, 0.05) is 90.1 Å². The van der Waals surface area contributed by atoms with Crippen molar-refractivity contribution in [3.8, 4) is 56.0 Å². The standard InChI is InChI=1S/C32H39N3O3.C31H37N3O4.C27H29N3O4.C25H24BrNO3/c1-22-12-14-26(35-18-16-25(17-19-35)34(5)6)21-28(22)30(36)33-29-20-24(23-10-8-7-9-11-23)13-15-27(29)31(37)38-32(2,3)4;1-31(2,3)38-30(37)25-13-11-22(21-9-7-6-8-10-21)19-27(25)32-29(36)26-20-24(12-14-28(26)35)34-17-15-23(16-18-34)33(4)5;1-29(2)20-12-14-30(15-13-20)21-9-11-25(31)23(17-21)26(32)28-24-16-19(8-10-22(24)27(33)34)18-6-4-3-5-7-18;1-16-10-12-19(26)15-21(16)23(28)27-22-14-18(17-8-6-5-7-9-17)11-13-20(22)24(29)30-25(2,3)4/h7-15,20-21,25H,16-19H2,1-6H3,(H,33,36);6-14,19-20,23,35H,15-18H2,1-5H3,(H,32,36);3-11,16-17,20,31H,12-15H2,1-2H3,(H,28,32)(H,33,34);5-15H,1-4H3,(H,27,28). The van der Waals surface area contributed by atoms with Crippen LogP contribution in [0.15, 0.2) is 271 Å². The zero-order valence-electron chi connectivity index (χ0n) is 83.0. The van der Waals surface area contributed by atoms with Crippen LogP contribution in [-0.2, 0) is 14.2 Å². The van der Waals surface area contributed by atoms with Crippen molar-refractivity contribution in [3.05, 3.63) is 327 Å². The summed E-state index contributed by atoms with van der Waals surface area (Å²) in [5.74, 6) is -4.49. The Balaban J connectivity index is 0.000000168.